The lowest BCUT2D eigenvalue weighted by molar-refractivity contribution is -0.110. The fraction of sp³-hybridized carbons (Fsp3) is 0.276. The summed E-state index contributed by atoms with van der Waals surface area (Å²) in [7, 11) is -6.07. The molecule has 1 fully saturated rings. The Labute approximate surface area is 256 Å². The van der Waals surface area contributed by atoms with Crippen LogP contribution in [0.3, 0.4) is 0 Å². The van der Waals surface area contributed by atoms with E-state index >= 15 is 0 Å². The number of amides is 1. The van der Waals surface area contributed by atoms with Crippen LogP contribution in [0.5, 0.6) is 0 Å². The van der Waals surface area contributed by atoms with Crippen LogP contribution < -0.4 is 14.5 Å². The molecular formula is C29H32ClN6O5S2+. The van der Waals surface area contributed by atoms with Crippen molar-refractivity contribution in [2.45, 2.75) is 31.8 Å². The third kappa shape index (κ3) is 5.95. The highest BCUT2D eigenvalue weighted by molar-refractivity contribution is 7.90. The molecule has 11 nitrogen and oxygen atoms in total. The van der Waals surface area contributed by atoms with Gasteiger partial charge in [0.15, 0.2) is 18.1 Å². The predicted molar refractivity (Wildman–Crippen MR) is 171 cm³/mol. The number of fused-ring (bicyclic) bond motifs is 1. The summed E-state index contributed by atoms with van der Waals surface area (Å²) < 4.78 is 54.6. The third-order valence-corrected chi connectivity index (χ3v) is 10.4. The molecule has 226 valence electrons. The average Bonchev–Trinajstić information content (AvgIpc) is 3.64. The number of hydrogen-bond donors (Lipinski definition) is 2. The number of sulfonamides is 2. The van der Waals surface area contributed by atoms with Gasteiger partial charge in [0.05, 0.1) is 24.2 Å². The summed E-state index contributed by atoms with van der Waals surface area (Å²) in [5, 5.41) is 3.24. The van der Waals surface area contributed by atoms with Crippen LogP contribution in [-0.2, 0) is 24.8 Å². The van der Waals surface area contributed by atoms with E-state index < -0.39 is 26.0 Å². The highest BCUT2D eigenvalue weighted by atomic mass is 35.5. The van der Waals surface area contributed by atoms with E-state index in [1.807, 2.05) is 32.9 Å². The van der Waals surface area contributed by atoms with Crippen LogP contribution >= 0.6 is 11.6 Å². The molecule has 1 saturated heterocycles. The second kappa shape index (κ2) is 11.1. The molecule has 3 aromatic rings. The summed E-state index contributed by atoms with van der Waals surface area (Å²) >= 11 is 6.18. The molecule has 1 amide bonds. The van der Waals surface area contributed by atoms with E-state index in [0.29, 0.717) is 39.5 Å². The normalized spacial score (nSPS) is 21.2. The molecule has 2 aliphatic rings. The van der Waals surface area contributed by atoms with Crippen molar-refractivity contribution in [2.75, 3.05) is 31.7 Å². The van der Waals surface area contributed by atoms with Crippen LogP contribution in [0.15, 0.2) is 75.5 Å². The zero-order chi connectivity index (χ0) is 31.3. The molecule has 14 heteroatoms. The smallest absolute Gasteiger partial charge is 0.278 e. The topological polar surface area (TPSA) is 137 Å². The van der Waals surface area contributed by atoms with Gasteiger partial charge in [-0.2, -0.15) is 4.72 Å². The zero-order valence-electron chi connectivity index (χ0n) is 24.3. The Morgan fingerprint density at radius 3 is 2.51 bits per heavy atom. The van der Waals surface area contributed by atoms with E-state index in [1.54, 1.807) is 42.5 Å². The number of para-hydroxylation sites is 1. The number of likely N-dealkylation sites (N-methyl/N-ethyl adjacent to an activating group) is 1. The highest BCUT2D eigenvalue weighted by Gasteiger charge is 2.57. The standard InChI is InChI=1S/C29H31ClN6O5S2/c1-6-36(17-26(36)34-42(5,38)39)21-13-14-22(19(3)15-21)31-27(29(37)33-24-16-20(30)12-11-18(24)2)28-32-23-9-7-8-10-25(23)43(40,41)35(28)4/h7-16,26,34H,6,17H2,1-5H3/p+1. The molecule has 0 bridgehead atoms. The van der Waals surface area contributed by atoms with E-state index in [1.165, 1.54) is 13.1 Å². The minimum atomic E-state index is -4.02. The van der Waals surface area contributed by atoms with Gasteiger partial charge in [-0.05, 0) is 62.2 Å². The maximum absolute atomic E-state index is 13.9. The van der Waals surface area contributed by atoms with Crippen molar-refractivity contribution in [3.05, 3.63) is 76.8 Å². The van der Waals surface area contributed by atoms with Crippen molar-refractivity contribution >= 4 is 71.9 Å². The van der Waals surface area contributed by atoms with Crippen LogP contribution in [-0.4, -0.2) is 71.2 Å². The number of carbonyl (C=O) groups excluding carboxylic acids is 1. The molecule has 0 spiro atoms. The number of rotatable bonds is 8. The van der Waals surface area contributed by atoms with Gasteiger partial charge in [-0.3, -0.25) is 13.6 Å². The Bertz CT molecular complexity index is 1930. The minimum Gasteiger partial charge on any atom is -0.320 e. The molecule has 0 saturated carbocycles. The van der Waals surface area contributed by atoms with Gasteiger partial charge in [0.1, 0.15) is 10.6 Å². The van der Waals surface area contributed by atoms with Gasteiger partial charge >= 0.3 is 0 Å². The maximum atomic E-state index is 13.9. The quantitative estimate of drug-likeness (QED) is 0.215. The molecule has 2 heterocycles. The van der Waals surface area contributed by atoms with Crippen molar-refractivity contribution in [3.63, 3.8) is 0 Å². The first-order valence-electron chi connectivity index (χ1n) is 13.4. The first-order valence-corrected chi connectivity index (χ1v) is 17.2. The fourth-order valence-corrected chi connectivity index (χ4v) is 7.38. The van der Waals surface area contributed by atoms with E-state index in [4.69, 9.17) is 11.6 Å². The van der Waals surface area contributed by atoms with Crippen molar-refractivity contribution in [1.29, 1.82) is 0 Å². The van der Waals surface area contributed by atoms with Gasteiger partial charge in [0.25, 0.3) is 15.9 Å². The molecule has 2 unspecified atom stereocenters. The number of aryl methyl sites for hydroxylation is 2. The Balaban J connectivity index is 1.60. The molecule has 2 atom stereocenters. The number of nitrogens with one attached hydrogen (secondary N) is 2. The van der Waals surface area contributed by atoms with Crippen molar-refractivity contribution in [2.24, 2.45) is 9.98 Å². The van der Waals surface area contributed by atoms with Crippen LogP contribution in [0.1, 0.15) is 18.1 Å². The lowest BCUT2D eigenvalue weighted by Crippen LogP contribution is -2.44. The van der Waals surface area contributed by atoms with Gasteiger partial charge in [0, 0.05) is 29.9 Å². The van der Waals surface area contributed by atoms with E-state index in [9.17, 15) is 21.6 Å². The third-order valence-electron chi connectivity index (χ3n) is 7.71. The molecule has 2 N–H and O–H groups in total. The number of halogens is 1. The summed E-state index contributed by atoms with van der Waals surface area (Å²) in [5.74, 6) is -0.811. The number of nitrogens with zero attached hydrogens (tertiary/aromatic N) is 4. The number of hydrogen-bond acceptors (Lipinski definition) is 7. The summed E-state index contributed by atoms with van der Waals surface area (Å²) in [6.45, 7) is 6.90. The van der Waals surface area contributed by atoms with Crippen molar-refractivity contribution < 1.29 is 21.6 Å². The molecule has 43 heavy (non-hydrogen) atoms. The van der Waals surface area contributed by atoms with E-state index in [-0.39, 0.29) is 28.3 Å². The first-order chi connectivity index (χ1) is 20.2. The maximum Gasteiger partial charge on any atom is 0.278 e. The fourth-order valence-electron chi connectivity index (χ4n) is 5.16. The Morgan fingerprint density at radius 2 is 1.84 bits per heavy atom. The summed E-state index contributed by atoms with van der Waals surface area (Å²) in [6, 6.07) is 16.8. The van der Waals surface area contributed by atoms with Crippen LogP contribution in [0.2, 0.25) is 5.02 Å². The number of amidine groups is 1. The Morgan fingerprint density at radius 1 is 1.12 bits per heavy atom. The molecule has 2 aliphatic heterocycles. The molecule has 3 aromatic carbocycles. The largest absolute Gasteiger partial charge is 0.320 e. The number of carbonyl (C=O) groups is 1. The van der Waals surface area contributed by atoms with Gasteiger partial charge in [-0.1, -0.05) is 29.8 Å². The van der Waals surface area contributed by atoms with E-state index in [0.717, 1.165) is 21.8 Å². The Kier molecular flexibility index (Phi) is 7.99. The molecule has 0 aromatic heterocycles. The second-order valence-corrected chi connectivity index (χ2v) is 14.8. The van der Waals surface area contributed by atoms with Gasteiger partial charge in [0.2, 0.25) is 16.2 Å². The average molecular weight is 644 g/mol. The van der Waals surface area contributed by atoms with Crippen LogP contribution in [0.25, 0.3) is 0 Å². The molecule has 0 aliphatic carbocycles. The summed E-state index contributed by atoms with van der Waals surface area (Å²) in [6.07, 6.45) is 0.867. The van der Waals surface area contributed by atoms with Gasteiger partial charge in [-0.25, -0.2) is 26.8 Å². The lowest BCUT2D eigenvalue weighted by Gasteiger charge is -2.27. The van der Waals surface area contributed by atoms with Crippen molar-refractivity contribution in [3.8, 4) is 0 Å². The van der Waals surface area contributed by atoms with Gasteiger partial charge in [-0.15, -0.1) is 0 Å². The van der Waals surface area contributed by atoms with Gasteiger partial charge < -0.3 is 5.32 Å². The SMILES string of the molecule is CC[N+]1(c2ccc(N=C(C(=O)Nc3cc(Cl)ccc3C)C3=Nc4ccccc4S(=O)(=O)N3C)c(C)c2)CC1NS(C)(=O)=O. The Hall–Kier alpha value is -3.62. The first kappa shape index (κ1) is 30.8. The van der Waals surface area contributed by atoms with E-state index in [2.05, 4.69) is 20.0 Å². The van der Waals surface area contributed by atoms with Crippen LogP contribution in [0.4, 0.5) is 22.7 Å². The monoisotopic (exact) mass is 643 g/mol. The molecule has 5 rings (SSSR count). The number of benzene rings is 3. The zero-order valence-corrected chi connectivity index (χ0v) is 26.7. The predicted octanol–water partition coefficient (Wildman–Crippen LogP) is 4.25. The second-order valence-electron chi connectivity index (χ2n) is 10.7. The number of quaternary nitrogens is 1. The number of aliphatic imine (C=N–C) groups is 2. The highest BCUT2D eigenvalue weighted by Crippen LogP contribution is 2.40. The van der Waals surface area contributed by atoms with Crippen molar-refractivity contribution in [1.82, 2.24) is 13.5 Å². The summed E-state index contributed by atoms with van der Waals surface area (Å²) in [5.41, 5.74) is 3.21. The minimum absolute atomic E-state index is 0.0246. The lowest BCUT2D eigenvalue weighted by atomic mass is 10.1. The molecule has 0 radical (unpaired) electrons. The molecular weight excluding hydrogens is 612 g/mol. The van der Waals surface area contributed by atoms with Crippen LogP contribution in [0, 0.1) is 13.8 Å². The number of anilines is 1. The summed E-state index contributed by atoms with van der Waals surface area (Å²) in [4.78, 5) is 23.1.